The molecular formula is C18H35NO. The Labute approximate surface area is 126 Å². The van der Waals surface area contributed by atoms with Crippen molar-refractivity contribution in [1.29, 1.82) is 0 Å². The van der Waals surface area contributed by atoms with E-state index in [0.29, 0.717) is 12.1 Å². The molecule has 0 aromatic heterocycles. The quantitative estimate of drug-likeness (QED) is 0.635. The molecule has 0 bridgehead atoms. The largest absolute Gasteiger partial charge is 0.377 e. The molecule has 0 radical (unpaired) electrons. The van der Waals surface area contributed by atoms with Crippen molar-refractivity contribution in [2.24, 2.45) is 11.8 Å². The lowest BCUT2D eigenvalue weighted by Gasteiger charge is -2.36. The maximum absolute atomic E-state index is 6.23. The smallest absolute Gasteiger partial charge is 0.0755 e. The van der Waals surface area contributed by atoms with Gasteiger partial charge in [0.2, 0.25) is 0 Å². The molecule has 0 amide bonds. The van der Waals surface area contributed by atoms with E-state index >= 15 is 0 Å². The first-order valence-electron chi connectivity index (χ1n) is 9.20. The summed E-state index contributed by atoms with van der Waals surface area (Å²) in [4.78, 5) is 0. The number of hydrogen-bond acceptors (Lipinski definition) is 2. The van der Waals surface area contributed by atoms with Crippen LogP contribution in [0.2, 0.25) is 0 Å². The molecule has 0 spiro atoms. The topological polar surface area (TPSA) is 21.3 Å². The van der Waals surface area contributed by atoms with E-state index in [1.54, 1.807) is 0 Å². The van der Waals surface area contributed by atoms with Gasteiger partial charge in [0, 0.05) is 12.6 Å². The van der Waals surface area contributed by atoms with Gasteiger partial charge in [0.1, 0.15) is 0 Å². The molecule has 2 unspecified atom stereocenters. The van der Waals surface area contributed by atoms with Crippen LogP contribution < -0.4 is 5.32 Å². The average molecular weight is 281 g/mol. The van der Waals surface area contributed by atoms with Gasteiger partial charge in [-0.15, -0.1) is 0 Å². The summed E-state index contributed by atoms with van der Waals surface area (Å²) < 4.78 is 6.23. The van der Waals surface area contributed by atoms with Gasteiger partial charge in [-0.05, 0) is 57.4 Å². The number of rotatable bonds is 10. The highest BCUT2D eigenvalue weighted by Gasteiger charge is 2.32. The first-order valence-corrected chi connectivity index (χ1v) is 9.20. The zero-order valence-corrected chi connectivity index (χ0v) is 13.7. The van der Waals surface area contributed by atoms with Crippen LogP contribution in [0.15, 0.2) is 0 Å². The second kappa shape index (κ2) is 9.04. The normalized spacial score (nSPS) is 23.7. The predicted octanol–water partition coefficient (Wildman–Crippen LogP) is 4.53. The highest BCUT2D eigenvalue weighted by atomic mass is 16.5. The first-order chi connectivity index (χ1) is 9.85. The Hall–Kier alpha value is -0.0800. The first kappa shape index (κ1) is 16.3. The summed E-state index contributed by atoms with van der Waals surface area (Å²) in [5.74, 6) is 1.84. The van der Waals surface area contributed by atoms with Crippen molar-refractivity contribution < 1.29 is 4.74 Å². The van der Waals surface area contributed by atoms with Crippen LogP contribution in [0, 0.1) is 11.8 Å². The van der Waals surface area contributed by atoms with E-state index in [1.807, 2.05) is 0 Å². The standard InChI is InChI=1S/C18H35NO/c1-3-14-19-17(13-12-15-10-11-15)18(20-4-2)16-8-6-5-7-9-16/h15-19H,3-14H2,1-2H3. The van der Waals surface area contributed by atoms with Crippen molar-refractivity contribution >= 4 is 0 Å². The monoisotopic (exact) mass is 281 g/mol. The molecule has 0 aliphatic heterocycles. The molecule has 2 nitrogen and oxygen atoms in total. The van der Waals surface area contributed by atoms with Gasteiger partial charge in [-0.25, -0.2) is 0 Å². The van der Waals surface area contributed by atoms with E-state index in [1.165, 1.54) is 64.2 Å². The van der Waals surface area contributed by atoms with E-state index in [4.69, 9.17) is 4.74 Å². The summed E-state index contributed by atoms with van der Waals surface area (Å²) in [6.07, 6.45) is 14.4. The van der Waals surface area contributed by atoms with Crippen LogP contribution in [-0.2, 0) is 4.74 Å². The fraction of sp³-hybridized carbons (Fsp3) is 1.00. The van der Waals surface area contributed by atoms with Gasteiger partial charge in [-0.1, -0.05) is 39.0 Å². The van der Waals surface area contributed by atoms with Crippen LogP contribution in [0.1, 0.15) is 78.1 Å². The van der Waals surface area contributed by atoms with Crippen LogP contribution in [0.4, 0.5) is 0 Å². The van der Waals surface area contributed by atoms with Crippen molar-refractivity contribution in [3.05, 3.63) is 0 Å². The summed E-state index contributed by atoms with van der Waals surface area (Å²) in [7, 11) is 0. The molecule has 2 rings (SSSR count). The van der Waals surface area contributed by atoms with Crippen LogP contribution in [0.25, 0.3) is 0 Å². The molecule has 118 valence electrons. The minimum Gasteiger partial charge on any atom is -0.377 e. The van der Waals surface area contributed by atoms with Crippen molar-refractivity contribution in [3.8, 4) is 0 Å². The fourth-order valence-corrected chi connectivity index (χ4v) is 3.77. The molecule has 2 heteroatoms. The molecule has 0 aromatic rings. The molecule has 20 heavy (non-hydrogen) atoms. The third-order valence-electron chi connectivity index (χ3n) is 5.11. The molecule has 0 saturated heterocycles. The number of hydrogen-bond donors (Lipinski definition) is 1. The molecule has 0 heterocycles. The summed E-state index contributed by atoms with van der Waals surface area (Å²) >= 11 is 0. The van der Waals surface area contributed by atoms with E-state index in [9.17, 15) is 0 Å². The van der Waals surface area contributed by atoms with Crippen LogP contribution >= 0.6 is 0 Å². The molecule has 2 saturated carbocycles. The third-order valence-corrected chi connectivity index (χ3v) is 5.11. The number of nitrogens with one attached hydrogen (secondary N) is 1. The van der Waals surface area contributed by atoms with Gasteiger partial charge in [-0.3, -0.25) is 0 Å². The van der Waals surface area contributed by atoms with Gasteiger partial charge in [0.05, 0.1) is 6.10 Å². The SMILES string of the molecule is CCCNC(CCC1CC1)C(OCC)C1CCCCC1. The molecule has 0 aromatic carbocycles. The highest BCUT2D eigenvalue weighted by Crippen LogP contribution is 2.36. The lowest BCUT2D eigenvalue weighted by Crippen LogP contribution is -2.46. The lowest BCUT2D eigenvalue weighted by molar-refractivity contribution is -0.0199. The van der Waals surface area contributed by atoms with Crippen LogP contribution in [0.3, 0.4) is 0 Å². The minimum atomic E-state index is 0.464. The van der Waals surface area contributed by atoms with Crippen molar-refractivity contribution in [2.45, 2.75) is 90.2 Å². The molecule has 2 fully saturated rings. The Morgan fingerprint density at radius 1 is 1.05 bits per heavy atom. The molecule has 2 atom stereocenters. The summed E-state index contributed by atoms with van der Waals surface area (Å²) in [5, 5.41) is 3.81. The molecule has 2 aliphatic carbocycles. The highest BCUT2D eigenvalue weighted by molar-refractivity contribution is 4.87. The van der Waals surface area contributed by atoms with Gasteiger partial charge < -0.3 is 10.1 Å². The van der Waals surface area contributed by atoms with Gasteiger partial charge >= 0.3 is 0 Å². The second-order valence-corrected chi connectivity index (χ2v) is 6.90. The summed E-state index contributed by atoms with van der Waals surface area (Å²) in [6, 6.07) is 0.596. The van der Waals surface area contributed by atoms with Gasteiger partial charge in [-0.2, -0.15) is 0 Å². The zero-order valence-electron chi connectivity index (χ0n) is 13.7. The van der Waals surface area contributed by atoms with E-state index in [0.717, 1.165) is 25.0 Å². The van der Waals surface area contributed by atoms with Crippen molar-refractivity contribution in [1.82, 2.24) is 5.32 Å². The van der Waals surface area contributed by atoms with Gasteiger partial charge in [0.25, 0.3) is 0 Å². The second-order valence-electron chi connectivity index (χ2n) is 6.90. The zero-order chi connectivity index (χ0) is 14.2. The predicted molar refractivity (Wildman–Crippen MR) is 86.0 cm³/mol. The summed E-state index contributed by atoms with van der Waals surface area (Å²) in [6.45, 7) is 6.44. The summed E-state index contributed by atoms with van der Waals surface area (Å²) in [5.41, 5.74) is 0. The van der Waals surface area contributed by atoms with E-state index in [2.05, 4.69) is 19.2 Å². The van der Waals surface area contributed by atoms with Crippen LogP contribution in [0.5, 0.6) is 0 Å². The maximum atomic E-state index is 6.23. The average Bonchev–Trinajstić information content (AvgIpc) is 3.31. The minimum absolute atomic E-state index is 0.464. The lowest BCUT2D eigenvalue weighted by atomic mass is 9.81. The Kier molecular flexibility index (Phi) is 7.37. The maximum Gasteiger partial charge on any atom is 0.0755 e. The van der Waals surface area contributed by atoms with E-state index in [-0.39, 0.29) is 0 Å². The van der Waals surface area contributed by atoms with Gasteiger partial charge in [0.15, 0.2) is 0 Å². The third kappa shape index (κ3) is 5.37. The molecule has 1 N–H and O–H groups in total. The van der Waals surface area contributed by atoms with Crippen molar-refractivity contribution in [3.63, 3.8) is 0 Å². The molecule has 2 aliphatic rings. The van der Waals surface area contributed by atoms with Crippen molar-refractivity contribution in [2.75, 3.05) is 13.2 Å². The Morgan fingerprint density at radius 2 is 1.80 bits per heavy atom. The fourth-order valence-electron chi connectivity index (χ4n) is 3.77. The molecular weight excluding hydrogens is 246 g/mol. The Balaban J connectivity index is 1.90. The van der Waals surface area contributed by atoms with Crippen LogP contribution in [-0.4, -0.2) is 25.3 Å². The number of ether oxygens (including phenoxy) is 1. The van der Waals surface area contributed by atoms with E-state index < -0.39 is 0 Å². The Morgan fingerprint density at radius 3 is 2.40 bits per heavy atom. The Bertz CT molecular complexity index is 246.